The molecule has 0 radical (unpaired) electrons. The molecule has 9 nitrogen and oxygen atoms in total. The summed E-state index contributed by atoms with van der Waals surface area (Å²) >= 11 is 0. The lowest BCUT2D eigenvalue weighted by molar-refractivity contribution is -0.153. The van der Waals surface area contributed by atoms with Crippen molar-refractivity contribution in [3.8, 4) is 0 Å². The number of benzene rings is 2. The Morgan fingerprint density at radius 1 is 1.02 bits per heavy atom. The first-order chi connectivity index (χ1) is 19.9. The lowest BCUT2D eigenvalue weighted by atomic mass is 9.87. The van der Waals surface area contributed by atoms with E-state index in [1.165, 1.54) is 4.90 Å². The van der Waals surface area contributed by atoms with Crippen molar-refractivity contribution < 1.29 is 32.7 Å². The topological polar surface area (TPSA) is 111 Å². The lowest BCUT2D eigenvalue weighted by Crippen LogP contribution is -2.53. The number of hydrogen-bond acceptors (Lipinski definition) is 7. The second-order valence-corrected chi connectivity index (χ2v) is 14.2. The molecule has 0 spiro atoms. The Kier molecular flexibility index (Phi) is 10.3. The maximum atomic E-state index is 14.0. The molecule has 1 N–H and O–H groups in total. The summed E-state index contributed by atoms with van der Waals surface area (Å²) in [4.78, 5) is 42.2. The number of hydrogen-bond donors (Lipinski definition) is 1. The molecule has 42 heavy (non-hydrogen) atoms. The maximum absolute atomic E-state index is 14.0. The van der Waals surface area contributed by atoms with Crippen LogP contribution in [0.4, 0.5) is 5.69 Å². The zero-order valence-corrected chi connectivity index (χ0v) is 26.0. The van der Waals surface area contributed by atoms with Gasteiger partial charge in [0.25, 0.3) is 0 Å². The van der Waals surface area contributed by atoms with E-state index in [1.807, 2.05) is 54.6 Å². The fraction of sp³-hybridized carbons (Fsp3) is 0.531. The largest absolute Gasteiger partial charge is 0.459 e. The van der Waals surface area contributed by atoms with Gasteiger partial charge in [-0.05, 0) is 70.6 Å². The Balaban J connectivity index is 1.54. The number of nitrogens with one attached hydrogen (secondary N) is 1. The van der Waals surface area contributed by atoms with Crippen molar-refractivity contribution in [3.63, 3.8) is 0 Å². The number of fused-ring (bicyclic) bond motifs is 1. The third kappa shape index (κ3) is 8.09. The van der Waals surface area contributed by atoms with Crippen molar-refractivity contribution in [2.75, 3.05) is 24.2 Å². The predicted molar refractivity (Wildman–Crippen MR) is 161 cm³/mol. The molecule has 1 aliphatic heterocycles. The van der Waals surface area contributed by atoms with Gasteiger partial charge >= 0.3 is 13.6 Å². The van der Waals surface area contributed by atoms with Gasteiger partial charge in [-0.25, -0.2) is 0 Å². The minimum absolute atomic E-state index is 0.0603. The molecular weight excluding hydrogens is 555 g/mol. The summed E-state index contributed by atoms with van der Waals surface area (Å²) in [5.74, 6) is -1.23. The van der Waals surface area contributed by atoms with Crippen LogP contribution in [-0.2, 0) is 45.8 Å². The van der Waals surface area contributed by atoms with E-state index in [0.29, 0.717) is 31.4 Å². The third-order valence-corrected chi connectivity index (χ3v) is 9.86. The van der Waals surface area contributed by atoms with Gasteiger partial charge in [-0.15, -0.1) is 0 Å². The number of aryl methyl sites for hydroxylation is 1. The van der Waals surface area contributed by atoms with Crippen LogP contribution >= 0.6 is 7.60 Å². The summed E-state index contributed by atoms with van der Waals surface area (Å²) in [6, 6.07) is 16.0. The smallest absolute Gasteiger partial charge is 0.332 e. The van der Waals surface area contributed by atoms with Gasteiger partial charge in [0.2, 0.25) is 11.8 Å². The van der Waals surface area contributed by atoms with E-state index in [1.54, 1.807) is 27.7 Å². The minimum Gasteiger partial charge on any atom is -0.459 e. The number of ether oxygens (including phenoxy) is 1. The molecule has 10 heteroatoms. The second kappa shape index (κ2) is 13.5. The number of esters is 1. The van der Waals surface area contributed by atoms with Crippen molar-refractivity contribution in [1.82, 2.24) is 5.32 Å². The summed E-state index contributed by atoms with van der Waals surface area (Å²) < 4.78 is 31.0. The van der Waals surface area contributed by atoms with Crippen molar-refractivity contribution in [2.45, 2.75) is 84.5 Å². The maximum Gasteiger partial charge on any atom is 0.332 e. The number of rotatable bonds is 11. The van der Waals surface area contributed by atoms with Crippen molar-refractivity contribution in [1.29, 1.82) is 0 Å². The third-order valence-electron chi connectivity index (χ3n) is 7.70. The molecule has 0 saturated heterocycles. The van der Waals surface area contributed by atoms with Crippen molar-refractivity contribution >= 4 is 31.1 Å². The molecule has 2 amide bonds. The van der Waals surface area contributed by atoms with E-state index >= 15 is 0 Å². The van der Waals surface area contributed by atoms with Crippen LogP contribution < -0.4 is 10.2 Å². The summed E-state index contributed by atoms with van der Waals surface area (Å²) in [5.41, 5.74) is 0.714. The molecule has 0 aromatic heterocycles. The van der Waals surface area contributed by atoms with Crippen LogP contribution in [0.2, 0.25) is 0 Å². The Morgan fingerprint density at radius 2 is 1.69 bits per heavy atom. The van der Waals surface area contributed by atoms with Gasteiger partial charge in [0.05, 0.1) is 24.8 Å². The van der Waals surface area contributed by atoms with Gasteiger partial charge in [-0.2, -0.15) is 0 Å². The van der Waals surface area contributed by atoms with E-state index in [9.17, 15) is 18.9 Å². The number of anilines is 1. The van der Waals surface area contributed by atoms with E-state index < -0.39 is 30.6 Å². The zero-order valence-electron chi connectivity index (χ0n) is 25.1. The summed E-state index contributed by atoms with van der Waals surface area (Å²) in [6.45, 7) is 7.10. The molecule has 1 heterocycles. The minimum atomic E-state index is -3.65. The molecular formula is C32H43N2O7P. The molecule has 2 aliphatic rings. The number of amides is 2. The first kappa shape index (κ1) is 31.9. The molecule has 2 aromatic carbocycles. The van der Waals surface area contributed by atoms with Crippen LogP contribution in [0, 0.1) is 5.41 Å². The van der Waals surface area contributed by atoms with Gasteiger partial charge in [0.15, 0.2) is 0 Å². The summed E-state index contributed by atoms with van der Waals surface area (Å²) in [5, 5.41) is 3.00. The Labute approximate surface area is 248 Å². The average Bonchev–Trinajstić information content (AvgIpc) is 3.37. The standard InChI is InChI=1S/C32H43N2O7P/c1-5-39-42(38,40-22-24-13-7-6-8-14-24)23-32(19-11-12-20-32)30(37)33-26-18-17-25-15-9-10-16-27(25)34(29(26)36)21-28(35)41-31(2,3)4/h6-10,13-16,26H,5,11-12,17-23H2,1-4H3,(H,33,37). The van der Waals surface area contributed by atoms with Crippen LogP contribution in [0.15, 0.2) is 54.6 Å². The van der Waals surface area contributed by atoms with Crippen molar-refractivity contribution in [3.05, 3.63) is 65.7 Å². The normalized spacial score (nSPS) is 19.9. The highest BCUT2D eigenvalue weighted by Gasteiger charge is 2.49. The molecule has 1 aliphatic carbocycles. The van der Waals surface area contributed by atoms with E-state index in [-0.39, 0.29) is 37.7 Å². The van der Waals surface area contributed by atoms with Gasteiger partial charge in [0, 0.05) is 5.69 Å². The zero-order chi connectivity index (χ0) is 30.4. The van der Waals surface area contributed by atoms with Crippen molar-refractivity contribution in [2.24, 2.45) is 5.41 Å². The van der Waals surface area contributed by atoms with E-state index in [2.05, 4.69) is 5.32 Å². The number of para-hydroxylation sites is 1. The summed E-state index contributed by atoms with van der Waals surface area (Å²) in [7, 11) is -3.65. The van der Waals surface area contributed by atoms with Gasteiger partial charge in [0.1, 0.15) is 18.2 Å². The number of carbonyl (C=O) groups excluding carboxylic acids is 3. The van der Waals surface area contributed by atoms with Crippen LogP contribution in [0.5, 0.6) is 0 Å². The molecule has 2 unspecified atom stereocenters. The monoisotopic (exact) mass is 598 g/mol. The fourth-order valence-corrected chi connectivity index (χ4v) is 7.98. The van der Waals surface area contributed by atoms with Crippen LogP contribution in [0.1, 0.15) is 70.9 Å². The highest BCUT2D eigenvalue weighted by atomic mass is 31.2. The first-order valence-corrected chi connectivity index (χ1v) is 16.5. The lowest BCUT2D eigenvalue weighted by Gasteiger charge is -2.33. The highest BCUT2D eigenvalue weighted by Crippen LogP contribution is 2.57. The molecule has 1 fully saturated rings. The molecule has 228 valence electrons. The summed E-state index contributed by atoms with van der Waals surface area (Å²) in [6.07, 6.45) is 3.49. The molecule has 0 bridgehead atoms. The predicted octanol–water partition coefficient (Wildman–Crippen LogP) is 5.80. The molecule has 2 aromatic rings. The SMILES string of the molecule is CCOP(=O)(CC1(C(=O)NC2CCc3ccccc3N(CC(=O)OC(C)(C)C)C2=O)CCCC1)OCc1ccccc1. The van der Waals surface area contributed by atoms with E-state index in [0.717, 1.165) is 24.0 Å². The van der Waals surface area contributed by atoms with Crippen LogP contribution in [0.25, 0.3) is 0 Å². The first-order valence-electron chi connectivity index (χ1n) is 14.8. The van der Waals surface area contributed by atoms with E-state index in [4.69, 9.17) is 13.8 Å². The highest BCUT2D eigenvalue weighted by molar-refractivity contribution is 7.53. The fourth-order valence-electron chi connectivity index (χ4n) is 5.78. The second-order valence-electron chi connectivity index (χ2n) is 12.1. The van der Waals surface area contributed by atoms with Gasteiger partial charge in [-0.3, -0.25) is 23.8 Å². The Morgan fingerprint density at radius 3 is 2.36 bits per heavy atom. The molecule has 2 atom stereocenters. The molecule has 4 rings (SSSR count). The average molecular weight is 599 g/mol. The number of nitrogens with zero attached hydrogens (tertiary/aromatic N) is 1. The van der Waals surface area contributed by atoms with Crippen LogP contribution in [0.3, 0.4) is 0 Å². The van der Waals surface area contributed by atoms with Gasteiger partial charge in [-0.1, -0.05) is 61.4 Å². The van der Waals surface area contributed by atoms with Crippen LogP contribution in [-0.4, -0.2) is 48.7 Å². The Bertz CT molecular complexity index is 1300. The Hall–Kier alpha value is -3.00. The van der Waals surface area contributed by atoms with Gasteiger partial charge < -0.3 is 19.1 Å². The quantitative estimate of drug-likeness (QED) is 0.257. The molecule has 1 saturated carbocycles. The number of carbonyl (C=O) groups is 3.